The van der Waals surface area contributed by atoms with Crippen LogP contribution in [0.15, 0.2) is 0 Å². The molecule has 18 heavy (non-hydrogen) atoms. The molecule has 1 saturated carbocycles. The summed E-state index contributed by atoms with van der Waals surface area (Å²) in [6, 6.07) is 0.0452. The number of hydrogen-bond acceptors (Lipinski definition) is 4. The van der Waals surface area contributed by atoms with Crippen molar-refractivity contribution in [3.63, 3.8) is 0 Å². The van der Waals surface area contributed by atoms with Crippen LogP contribution in [0.3, 0.4) is 0 Å². The highest BCUT2D eigenvalue weighted by molar-refractivity contribution is 7.86. The molecule has 0 amide bonds. The fourth-order valence-electron chi connectivity index (χ4n) is 2.18. The lowest BCUT2D eigenvalue weighted by molar-refractivity contribution is -0.140. The Morgan fingerprint density at radius 3 is 2.28 bits per heavy atom. The van der Waals surface area contributed by atoms with E-state index in [0.29, 0.717) is 0 Å². The van der Waals surface area contributed by atoms with Gasteiger partial charge in [0.1, 0.15) is 6.54 Å². The Kier molecular flexibility index (Phi) is 5.55. The van der Waals surface area contributed by atoms with Crippen molar-refractivity contribution in [3.8, 4) is 0 Å². The van der Waals surface area contributed by atoms with Crippen LogP contribution in [-0.4, -0.2) is 56.8 Å². The number of carbonyl (C=O) groups is 1. The van der Waals surface area contributed by atoms with E-state index in [0.717, 1.165) is 30.0 Å². The summed E-state index contributed by atoms with van der Waals surface area (Å²) in [5.74, 6) is -0.557. The van der Waals surface area contributed by atoms with Crippen LogP contribution in [0.2, 0.25) is 0 Å². The highest BCUT2D eigenvalue weighted by Crippen LogP contribution is 2.24. The van der Waals surface area contributed by atoms with Crippen molar-refractivity contribution in [1.29, 1.82) is 0 Å². The van der Waals surface area contributed by atoms with Crippen molar-refractivity contribution in [2.45, 2.75) is 38.1 Å². The quantitative estimate of drug-likeness (QED) is 0.691. The van der Waals surface area contributed by atoms with Crippen LogP contribution in [0.4, 0.5) is 0 Å². The molecule has 0 spiro atoms. The average molecular weight is 278 g/mol. The largest absolute Gasteiger partial charge is 0.468 e. The van der Waals surface area contributed by atoms with E-state index in [9.17, 15) is 13.2 Å². The molecule has 0 aromatic carbocycles. The van der Waals surface area contributed by atoms with Gasteiger partial charge in [0.25, 0.3) is 10.2 Å². The Hall–Kier alpha value is -0.660. The molecule has 7 heteroatoms. The zero-order valence-corrected chi connectivity index (χ0v) is 12.1. The summed E-state index contributed by atoms with van der Waals surface area (Å²) in [7, 11) is 0.643. The first-order chi connectivity index (χ1) is 8.39. The predicted octanol–water partition coefficient (Wildman–Crippen LogP) is 0.600. The number of ether oxygens (including phenoxy) is 1. The highest BCUT2D eigenvalue weighted by atomic mass is 32.2. The van der Waals surface area contributed by atoms with Gasteiger partial charge in [-0.3, -0.25) is 4.79 Å². The first-order valence-electron chi connectivity index (χ1n) is 6.15. The molecule has 0 N–H and O–H groups in total. The van der Waals surface area contributed by atoms with E-state index < -0.39 is 16.2 Å². The van der Waals surface area contributed by atoms with Gasteiger partial charge in [-0.05, 0) is 12.8 Å². The summed E-state index contributed by atoms with van der Waals surface area (Å²) in [5, 5.41) is 0. The topological polar surface area (TPSA) is 66.9 Å². The lowest BCUT2D eigenvalue weighted by Gasteiger charge is -2.32. The van der Waals surface area contributed by atoms with Crippen LogP contribution < -0.4 is 0 Å². The molecule has 0 saturated heterocycles. The molecule has 0 aromatic heterocycles. The lowest BCUT2D eigenvalue weighted by Crippen LogP contribution is -2.47. The molecule has 1 rings (SSSR count). The molecule has 1 aliphatic rings. The standard InChI is InChI=1S/C11H22N2O4S/c1-12(9-11(14)17-3)18(15,16)13(2)10-7-5-4-6-8-10/h10H,4-9H2,1-3H3. The molecule has 1 aliphatic carbocycles. The predicted molar refractivity (Wildman–Crippen MR) is 68.2 cm³/mol. The van der Waals surface area contributed by atoms with Gasteiger partial charge in [-0.1, -0.05) is 19.3 Å². The summed E-state index contributed by atoms with van der Waals surface area (Å²) < 4.78 is 31.3. The zero-order chi connectivity index (χ0) is 13.8. The maximum absolute atomic E-state index is 12.2. The first-order valence-corrected chi connectivity index (χ1v) is 7.55. The fraction of sp³-hybridized carbons (Fsp3) is 0.909. The Labute approximate surface area is 109 Å². The maximum Gasteiger partial charge on any atom is 0.321 e. The van der Waals surface area contributed by atoms with Gasteiger partial charge >= 0.3 is 5.97 Å². The maximum atomic E-state index is 12.2. The first kappa shape index (κ1) is 15.4. The average Bonchev–Trinajstić information content (AvgIpc) is 2.38. The molecule has 0 aliphatic heterocycles. The van der Waals surface area contributed by atoms with Crippen molar-refractivity contribution >= 4 is 16.2 Å². The van der Waals surface area contributed by atoms with Gasteiger partial charge in [0.15, 0.2) is 0 Å². The van der Waals surface area contributed by atoms with Crippen LogP contribution in [-0.2, 0) is 19.7 Å². The molecule has 0 heterocycles. The van der Waals surface area contributed by atoms with Gasteiger partial charge in [0.05, 0.1) is 7.11 Å². The third-order valence-electron chi connectivity index (χ3n) is 3.43. The van der Waals surface area contributed by atoms with Crippen LogP contribution in [0.25, 0.3) is 0 Å². The third-order valence-corrected chi connectivity index (χ3v) is 5.37. The fourth-order valence-corrected chi connectivity index (χ4v) is 3.48. The van der Waals surface area contributed by atoms with Gasteiger partial charge in [-0.15, -0.1) is 0 Å². The van der Waals surface area contributed by atoms with Crippen LogP contribution in [0.1, 0.15) is 32.1 Å². The van der Waals surface area contributed by atoms with Gasteiger partial charge in [0.2, 0.25) is 0 Å². The molecular weight excluding hydrogens is 256 g/mol. The molecular formula is C11H22N2O4S. The summed E-state index contributed by atoms with van der Waals surface area (Å²) >= 11 is 0. The van der Waals surface area contributed by atoms with Crippen molar-refractivity contribution in [2.75, 3.05) is 27.7 Å². The van der Waals surface area contributed by atoms with E-state index in [4.69, 9.17) is 0 Å². The highest BCUT2D eigenvalue weighted by Gasteiger charge is 2.31. The minimum Gasteiger partial charge on any atom is -0.468 e. The second-order valence-electron chi connectivity index (χ2n) is 4.65. The number of likely N-dealkylation sites (N-methyl/N-ethyl adjacent to an activating group) is 1. The van der Waals surface area contributed by atoms with Crippen LogP contribution in [0.5, 0.6) is 0 Å². The van der Waals surface area contributed by atoms with E-state index in [1.165, 1.54) is 24.9 Å². The molecule has 0 radical (unpaired) electrons. The van der Waals surface area contributed by atoms with Crippen molar-refractivity contribution < 1.29 is 17.9 Å². The molecule has 0 bridgehead atoms. The SMILES string of the molecule is COC(=O)CN(C)S(=O)(=O)N(C)C1CCCCC1. The van der Waals surface area contributed by atoms with Gasteiger partial charge < -0.3 is 4.74 Å². The lowest BCUT2D eigenvalue weighted by atomic mass is 9.96. The van der Waals surface area contributed by atoms with Crippen molar-refractivity contribution in [2.24, 2.45) is 0 Å². The van der Waals surface area contributed by atoms with E-state index in [1.807, 2.05) is 0 Å². The van der Waals surface area contributed by atoms with E-state index >= 15 is 0 Å². The molecule has 106 valence electrons. The molecule has 0 atom stereocenters. The number of rotatable bonds is 5. The molecule has 0 unspecified atom stereocenters. The number of hydrogen-bond donors (Lipinski definition) is 0. The third kappa shape index (κ3) is 3.66. The Morgan fingerprint density at radius 2 is 1.78 bits per heavy atom. The normalized spacial score (nSPS) is 18.3. The van der Waals surface area contributed by atoms with Crippen molar-refractivity contribution in [3.05, 3.63) is 0 Å². The van der Waals surface area contributed by atoms with E-state index in [2.05, 4.69) is 4.74 Å². The summed E-state index contributed by atoms with van der Waals surface area (Å²) in [5.41, 5.74) is 0. The monoisotopic (exact) mass is 278 g/mol. The zero-order valence-electron chi connectivity index (χ0n) is 11.3. The molecule has 6 nitrogen and oxygen atoms in total. The second kappa shape index (κ2) is 6.49. The molecule has 0 aromatic rings. The summed E-state index contributed by atoms with van der Waals surface area (Å²) in [6.07, 6.45) is 5.07. The smallest absolute Gasteiger partial charge is 0.321 e. The number of carbonyl (C=O) groups excluding carboxylic acids is 1. The van der Waals surface area contributed by atoms with Crippen molar-refractivity contribution in [1.82, 2.24) is 8.61 Å². The van der Waals surface area contributed by atoms with E-state index in [1.54, 1.807) is 7.05 Å². The van der Waals surface area contributed by atoms with Gasteiger partial charge in [-0.25, -0.2) is 0 Å². The summed E-state index contributed by atoms with van der Waals surface area (Å²) in [6.45, 7) is -0.254. The Balaban J connectivity index is 2.68. The van der Waals surface area contributed by atoms with Crippen LogP contribution >= 0.6 is 0 Å². The van der Waals surface area contributed by atoms with Gasteiger partial charge in [-0.2, -0.15) is 17.0 Å². The number of methoxy groups -OCH3 is 1. The van der Waals surface area contributed by atoms with Gasteiger partial charge in [0, 0.05) is 20.1 Å². The molecule has 1 fully saturated rings. The van der Waals surface area contributed by atoms with Crippen LogP contribution in [0, 0.1) is 0 Å². The second-order valence-corrected chi connectivity index (χ2v) is 6.74. The van der Waals surface area contributed by atoms with E-state index in [-0.39, 0.29) is 12.6 Å². The Bertz CT molecular complexity index is 377. The number of esters is 1. The number of nitrogens with zero attached hydrogens (tertiary/aromatic N) is 2. The minimum absolute atomic E-state index is 0.0452. The Morgan fingerprint density at radius 1 is 1.22 bits per heavy atom. The minimum atomic E-state index is -3.58. The summed E-state index contributed by atoms with van der Waals surface area (Å²) in [4.78, 5) is 11.1.